The molecule has 0 bridgehead atoms. The third-order valence-electron chi connectivity index (χ3n) is 3.76. The predicted molar refractivity (Wildman–Crippen MR) is 72.9 cm³/mol. The van der Waals surface area contributed by atoms with Crippen molar-refractivity contribution in [2.75, 3.05) is 7.11 Å². The first-order valence-electron chi connectivity index (χ1n) is 6.86. The Morgan fingerprint density at radius 1 is 1.44 bits per heavy atom. The van der Waals surface area contributed by atoms with Gasteiger partial charge in [-0.15, -0.1) is 0 Å². The third kappa shape index (κ3) is 2.66. The van der Waals surface area contributed by atoms with Gasteiger partial charge in [-0.2, -0.15) is 0 Å². The summed E-state index contributed by atoms with van der Waals surface area (Å²) in [5.74, 6) is 0.510. The zero-order valence-electron chi connectivity index (χ0n) is 11.6. The summed E-state index contributed by atoms with van der Waals surface area (Å²) >= 11 is 0. The monoisotopic (exact) mass is 249 g/mol. The van der Waals surface area contributed by atoms with Gasteiger partial charge in [-0.05, 0) is 37.7 Å². The molecule has 2 rings (SSSR count). The number of aromatic nitrogens is 1. The zero-order valence-corrected chi connectivity index (χ0v) is 11.6. The molecule has 0 N–H and O–H groups in total. The molecule has 3 heteroatoms. The molecule has 18 heavy (non-hydrogen) atoms. The average molecular weight is 249 g/mol. The molecule has 0 saturated heterocycles. The van der Waals surface area contributed by atoms with E-state index in [1.807, 2.05) is 22.9 Å². The molecule has 0 radical (unpaired) electrons. The molecule has 0 aromatic carbocycles. The number of hydrogen-bond donors (Lipinski definition) is 0. The summed E-state index contributed by atoms with van der Waals surface area (Å²) in [4.78, 5) is 12.5. The molecule has 3 nitrogen and oxygen atoms in total. The Bertz CT molecular complexity index is 450. The van der Waals surface area contributed by atoms with Crippen molar-refractivity contribution in [2.45, 2.75) is 51.7 Å². The lowest BCUT2D eigenvalue weighted by molar-refractivity contribution is 0.0737. The molecule has 1 aliphatic carbocycles. The Hall–Kier alpha value is -1.09. The van der Waals surface area contributed by atoms with Gasteiger partial charge in [0.1, 0.15) is 0 Å². The van der Waals surface area contributed by atoms with Gasteiger partial charge in [0.2, 0.25) is 0 Å². The van der Waals surface area contributed by atoms with Crippen LogP contribution in [0.3, 0.4) is 0 Å². The van der Waals surface area contributed by atoms with E-state index in [9.17, 15) is 4.79 Å². The molecule has 100 valence electrons. The van der Waals surface area contributed by atoms with Crippen molar-refractivity contribution in [1.82, 2.24) is 4.57 Å². The first-order valence-corrected chi connectivity index (χ1v) is 6.86. The molecule has 1 fully saturated rings. The van der Waals surface area contributed by atoms with Crippen molar-refractivity contribution < 1.29 is 4.74 Å². The summed E-state index contributed by atoms with van der Waals surface area (Å²) in [6, 6.07) is 4.16. The molecule has 0 aliphatic heterocycles. The molecular formula is C15H23NO2. The Labute approximate surface area is 109 Å². The number of pyridine rings is 1. The molecule has 0 unspecified atom stereocenters. The number of methoxy groups -OCH3 is 1. The molecular weight excluding hydrogens is 226 g/mol. The standard InChI is InChI=1S/C15H23NO2/c1-11(2)10-12-6-5-9-16(15(12)17)13-7-4-8-14(13)18-3/h5-6,9,11,13-14H,4,7-8,10H2,1-3H3/t13-,14-/m1/s1. The normalized spacial score (nSPS) is 23.8. The van der Waals surface area contributed by atoms with E-state index in [2.05, 4.69) is 13.8 Å². The molecule has 1 heterocycles. The van der Waals surface area contributed by atoms with Gasteiger partial charge < -0.3 is 9.30 Å². The van der Waals surface area contributed by atoms with Crippen LogP contribution in [-0.4, -0.2) is 17.8 Å². The van der Waals surface area contributed by atoms with Gasteiger partial charge in [0.15, 0.2) is 0 Å². The Kier molecular flexibility index (Phi) is 4.23. The summed E-state index contributed by atoms with van der Waals surface area (Å²) in [6.45, 7) is 4.29. The second kappa shape index (κ2) is 5.70. The van der Waals surface area contributed by atoms with Crippen LogP contribution in [0.15, 0.2) is 23.1 Å². The number of hydrogen-bond acceptors (Lipinski definition) is 2. The van der Waals surface area contributed by atoms with Gasteiger partial charge in [0, 0.05) is 18.9 Å². The van der Waals surface area contributed by atoms with Crippen molar-refractivity contribution in [3.05, 3.63) is 34.2 Å². The van der Waals surface area contributed by atoms with E-state index in [1.165, 1.54) is 0 Å². The Morgan fingerprint density at radius 2 is 2.22 bits per heavy atom. The zero-order chi connectivity index (χ0) is 13.1. The SMILES string of the molecule is CO[C@@H]1CCC[C@H]1n1cccc(CC(C)C)c1=O. The highest BCUT2D eigenvalue weighted by atomic mass is 16.5. The van der Waals surface area contributed by atoms with Crippen molar-refractivity contribution in [1.29, 1.82) is 0 Å². The first-order chi connectivity index (χ1) is 8.63. The van der Waals surface area contributed by atoms with Crippen LogP contribution < -0.4 is 5.56 Å². The second-order valence-electron chi connectivity index (χ2n) is 5.62. The lowest BCUT2D eigenvalue weighted by Gasteiger charge is -2.21. The van der Waals surface area contributed by atoms with Gasteiger partial charge in [0.25, 0.3) is 5.56 Å². The first kappa shape index (κ1) is 13.3. The second-order valence-corrected chi connectivity index (χ2v) is 5.62. The van der Waals surface area contributed by atoms with E-state index in [-0.39, 0.29) is 17.7 Å². The summed E-state index contributed by atoms with van der Waals surface area (Å²) in [6.07, 6.45) is 6.20. The van der Waals surface area contributed by atoms with Crippen LogP contribution in [0.4, 0.5) is 0 Å². The smallest absolute Gasteiger partial charge is 0.254 e. The minimum Gasteiger partial charge on any atom is -0.379 e. The highest BCUT2D eigenvalue weighted by Gasteiger charge is 2.29. The van der Waals surface area contributed by atoms with Crippen LogP contribution in [0.2, 0.25) is 0 Å². The van der Waals surface area contributed by atoms with Crippen LogP contribution in [0, 0.1) is 5.92 Å². The molecule has 1 aromatic heterocycles. The molecule has 2 atom stereocenters. The van der Waals surface area contributed by atoms with Crippen molar-refractivity contribution in [3.63, 3.8) is 0 Å². The van der Waals surface area contributed by atoms with Gasteiger partial charge in [-0.25, -0.2) is 0 Å². The predicted octanol–water partition coefficient (Wildman–Crippen LogP) is 2.79. The summed E-state index contributed by atoms with van der Waals surface area (Å²) in [5, 5.41) is 0. The fourth-order valence-electron chi connectivity index (χ4n) is 2.91. The van der Waals surface area contributed by atoms with Crippen LogP contribution in [0.5, 0.6) is 0 Å². The molecule has 1 aromatic rings. The lowest BCUT2D eigenvalue weighted by Crippen LogP contribution is -2.31. The topological polar surface area (TPSA) is 31.2 Å². The van der Waals surface area contributed by atoms with Crippen LogP contribution >= 0.6 is 0 Å². The highest BCUT2D eigenvalue weighted by Crippen LogP contribution is 2.31. The van der Waals surface area contributed by atoms with E-state index in [0.717, 1.165) is 31.2 Å². The maximum atomic E-state index is 12.5. The van der Waals surface area contributed by atoms with E-state index in [0.29, 0.717) is 5.92 Å². The fraction of sp³-hybridized carbons (Fsp3) is 0.667. The molecule has 0 amide bonds. The van der Waals surface area contributed by atoms with Gasteiger partial charge in [-0.3, -0.25) is 4.79 Å². The lowest BCUT2D eigenvalue weighted by atomic mass is 10.0. The minimum atomic E-state index is 0.167. The van der Waals surface area contributed by atoms with E-state index < -0.39 is 0 Å². The van der Waals surface area contributed by atoms with Crippen LogP contribution in [-0.2, 0) is 11.2 Å². The largest absolute Gasteiger partial charge is 0.379 e. The maximum Gasteiger partial charge on any atom is 0.254 e. The molecule has 1 aliphatic rings. The van der Waals surface area contributed by atoms with E-state index in [1.54, 1.807) is 7.11 Å². The third-order valence-corrected chi connectivity index (χ3v) is 3.76. The Balaban J connectivity index is 2.31. The maximum absolute atomic E-state index is 12.5. The number of ether oxygens (including phenoxy) is 1. The van der Waals surface area contributed by atoms with Gasteiger partial charge >= 0.3 is 0 Å². The summed E-state index contributed by atoms with van der Waals surface area (Å²) in [5.41, 5.74) is 1.09. The fourth-order valence-corrected chi connectivity index (χ4v) is 2.91. The minimum absolute atomic E-state index is 0.167. The molecule has 1 saturated carbocycles. The van der Waals surface area contributed by atoms with Crippen LogP contribution in [0.25, 0.3) is 0 Å². The Morgan fingerprint density at radius 3 is 2.89 bits per heavy atom. The summed E-state index contributed by atoms with van der Waals surface area (Å²) in [7, 11) is 1.74. The van der Waals surface area contributed by atoms with Crippen molar-refractivity contribution >= 4 is 0 Å². The molecule has 0 spiro atoms. The number of rotatable bonds is 4. The van der Waals surface area contributed by atoms with Gasteiger partial charge in [0.05, 0.1) is 12.1 Å². The number of nitrogens with zero attached hydrogens (tertiary/aromatic N) is 1. The quantitative estimate of drug-likeness (QED) is 0.821. The van der Waals surface area contributed by atoms with E-state index >= 15 is 0 Å². The van der Waals surface area contributed by atoms with E-state index in [4.69, 9.17) is 4.74 Å². The van der Waals surface area contributed by atoms with Crippen molar-refractivity contribution in [3.8, 4) is 0 Å². The van der Waals surface area contributed by atoms with Gasteiger partial charge in [-0.1, -0.05) is 19.9 Å². The average Bonchev–Trinajstić information content (AvgIpc) is 2.79. The van der Waals surface area contributed by atoms with Crippen molar-refractivity contribution in [2.24, 2.45) is 5.92 Å². The summed E-state index contributed by atoms with van der Waals surface area (Å²) < 4.78 is 7.38. The van der Waals surface area contributed by atoms with Crippen LogP contribution in [0.1, 0.15) is 44.7 Å². The highest BCUT2D eigenvalue weighted by molar-refractivity contribution is 5.12.